The van der Waals surface area contributed by atoms with Gasteiger partial charge >= 0.3 is 0 Å². The van der Waals surface area contributed by atoms with Crippen molar-refractivity contribution in [2.45, 2.75) is 57.3 Å². The number of hydrogen-bond acceptors (Lipinski definition) is 3. The average Bonchev–Trinajstić information content (AvgIpc) is 2.89. The van der Waals surface area contributed by atoms with E-state index in [0.29, 0.717) is 0 Å². The van der Waals surface area contributed by atoms with Gasteiger partial charge in [-0.1, -0.05) is 24.1 Å². The van der Waals surface area contributed by atoms with Crippen molar-refractivity contribution < 1.29 is 4.94 Å². The standard InChI is InChI=1S/C12H17N5O/c1-9-10-5-8-12(6-3-2-4-7-12)11(10)14-17(9)18-16-15-13/h2-8H2,1H3. The van der Waals surface area contributed by atoms with Gasteiger partial charge in [0.15, 0.2) is 0 Å². The molecule has 1 aromatic heterocycles. The zero-order valence-corrected chi connectivity index (χ0v) is 10.6. The second kappa shape index (κ2) is 4.21. The molecule has 0 N–H and O–H groups in total. The summed E-state index contributed by atoms with van der Waals surface area (Å²) in [4.78, 5) is 8.91. The lowest BCUT2D eigenvalue weighted by Gasteiger charge is -2.32. The third-order valence-corrected chi connectivity index (χ3v) is 4.52. The number of azide groups is 1. The van der Waals surface area contributed by atoms with E-state index >= 15 is 0 Å². The van der Waals surface area contributed by atoms with E-state index in [2.05, 4.69) is 15.3 Å². The number of hydrogen-bond donors (Lipinski definition) is 0. The first-order valence-electron chi connectivity index (χ1n) is 6.58. The molecular weight excluding hydrogens is 230 g/mol. The Hall–Kier alpha value is -1.68. The van der Waals surface area contributed by atoms with E-state index in [9.17, 15) is 0 Å². The maximum Gasteiger partial charge on any atom is 0.140 e. The molecule has 96 valence electrons. The van der Waals surface area contributed by atoms with Gasteiger partial charge in [-0.05, 0) is 38.1 Å². The Balaban J connectivity index is 1.98. The molecule has 0 saturated heterocycles. The van der Waals surface area contributed by atoms with Gasteiger partial charge in [-0.3, -0.25) is 4.94 Å². The van der Waals surface area contributed by atoms with E-state index in [1.54, 1.807) is 0 Å². The summed E-state index contributed by atoms with van der Waals surface area (Å²) >= 11 is 0. The summed E-state index contributed by atoms with van der Waals surface area (Å²) in [5, 5.41) is 7.66. The van der Waals surface area contributed by atoms with Crippen LogP contribution in [-0.2, 0) is 11.8 Å². The van der Waals surface area contributed by atoms with Crippen molar-refractivity contribution in [1.29, 1.82) is 0 Å². The van der Waals surface area contributed by atoms with E-state index in [-0.39, 0.29) is 5.41 Å². The fourth-order valence-corrected chi connectivity index (χ4v) is 3.57. The highest BCUT2D eigenvalue weighted by Gasteiger charge is 2.43. The van der Waals surface area contributed by atoms with Gasteiger partial charge in [-0.25, -0.2) is 0 Å². The summed E-state index contributed by atoms with van der Waals surface area (Å²) in [6.45, 7) is 1.97. The first-order valence-corrected chi connectivity index (χ1v) is 6.58. The molecule has 0 aliphatic heterocycles. The van der Waals surface area contributed by atoms with Crippen molar-refractivity contribution in [3.05, 3.63) is 27.4 Å². The molecule has 0 radical (unpaired) electrons. The Kier molecular flexibility index (Phi) is 2.67. The van der Waals surface area contributed by atoms with E-state index in [4.69, 9.17) is 10.5 Å². The molecule has 2 aliphatic carbocycles. The van der Waals surface area contributed by atoms with Crippen molar-refractivity contribution in [3.8, 4) is 0 Å². The number of fused-ring (bicyclic) bond motifs is 2. The highest BCUT2D eigenvalue weighted by molar-refractivity contribution is 5.37. The van der Waals surface area contributed by atoms with Crippen LogP contribution in [0.1, 0.15) is 55.5 Å². The lowest BCUT2D eigenvalue weighted by molar-refractivity contribution is 0.0760. The molecule has 0 unspecified atom stereocenters. The number of rotatable bonds is 2. The van der Waals surface area contributed by atoms with Crippen LogP contribution < -0.4 is 4.94 Å². The van der Waals surface area contributed by atoms with Crippen molar-refractivity contribution in [2.75, 3.05) is 0 Å². The van der Waals surface area contributed by atoms with Crippen LogP contribution in [0.15, 0.2) is 5.28 Å². The van der Waals surface area contributed by atoms with Gasteiger partial charge in [0, 0.05) is 15.9 Å². The SMILES string of the molecule is Cc1c2c(nn1ON=[N+]=[N-])C1(CCCCC1)CC2. The molecule has 1 spiro atoms. The van der Waals surface area contributed by atoms with Gasteiger partial charge in [0.25, 0.3) is 0 Å². The van der Waals surface area contributed by atoms with E-state index in [1.165, 1.54) is 54.6 Å². The quantitative estimate of drug-likeness (QED) is 0.348. The minimum absolute atomic E-state index is 0.267. The minimum atomic E-state index is 0.267. The van der Waals surface area contributed by atoms with Gasteiger partial charge < -0.3 is 0 Å². The van der Waals surface area contributed by atoms with Crippen molar-refractivity contribution in [2.24, 2.45) is 5.28 Å². The zero-order valence-electron chi connectivity index (χ0n) is 10.6. The van der Waals surface area contributed by atoms with Gasteiger partial charge in [0.05, 0.1) is 11.4 Å². The highest BCUT2D eigenvalue weighted by atomic mass is 16.8. The Morgan fingerprint density at radius 1 is 1.33 bits per heavy atom. The largest absolute Gasteiger partial charge is 0.282 e. The van der Waals surface area contributed by atoms with Crippen LogP contribution in [-0.4, -0.2) is 9.94 Å². The fraction of sp³-hybridized carbons (Fsp3) is 0.750. The molecule has 1 saturated carbocycles. The zero-order chi connectivity index (χ0) is 12.6. The molecule has 1 aromatic rings. The normalized spacial score (nSPS) is 20.5. The first-order chi connectivity index (χ1) is 8.77. The molecule has 0 aromatic carbocycles. The van der Waals surface area contributed by atoms with Gasteiger partial charge in [-0.15, -0.1) is 5.10 Å². The maximum absolute atomic E-state index is 8.30. The van der Waals surface area contributed by atoms with Crippen molar-refractivity contribution in [3.63, 3.8) is 0 Å². The summed E-state index contributed by atoms with van der Waals surface area (Å²) in [6.07, 6.45) is 8.68. The van der Waals surface area contributed by atoms with Crippen LogP contribution >= 0.6 is 0 Å². The Morgan fingerprint density at radius 2 is 2.11 bits per heavy atom. The van der Waals surface area contributed by atoms with E-state index in [0.717, 1.165) is 12.1 Å². The molecule has 1 fully saturated rings. The topological polar surface area (TPSA) is 75.8 Å². The van der Waals surface area contributed by atoms with Crippen molar-refractivity contribution >= 4 is 0 Å². The Morgan fingerprint density at radius 3 is 2.83 bits per heavy atom. The Bertz CT molecular complexity index is 509. The Labute approximate surface area is 105 Å². The molecule has 1 heterocycles. The lowest BCUT2D eigenvalue weighted by atomic mass is 9.72. The second-order valence-electron chi connectivity index (χ2n) is 5.38. The molecule has 0 atom stereocenters. The molecule has 2 aliphatic rings. The average molecular weight is 247 g/mol. The van der Waals surface area contributed by atoms with Crippen LogP contribution in [0, 0.1) is 6.92 Å². The number of nitrogens with zero attached hydrogens (tertiary/aromatic N) is 5. The number of aromatic nitrogens is 2. The van der Waals surface area contributed by atoms with Crippen LogP contribution in [0.25, 0.3) is 10.4 Å². The summed E-state index contributed by atoms with van der Waals surface area (Å²) < 4.78 is 0. The first kappa shape index (κ1) is 11.4. The van der Waals surface area contributed by atoms with Crippen LogP contribution in [0.4, 0.5) is 0 Å². The van der Waals surface area contributed by atoms with Crippen molar-refractivity contribution in [1.82, 2.24) is 9.94 Å². The predicted molar refractivity (Wildman–Crippen MR) is 65.8 cm³/mol. The summed E-state index contributed by atoms with van der Waals surface area (Å²) in [6, 6.07) is 0. The molecular formula is C12H17N5O. The predicted octanol–water partition coefficient (Wildman–Crippen LogP) is 2.99. The molecule has 18 heavy (non-hydrogen) atoms. The third kappa shape index (κ3) is 1.56. The molecule has 3 rings (SSSR count). The monoisotopic (exact) mass is 247 g/mol. The molecule has 0 bridgehead atoms. The van der Waals surface area contributed by atoms with Crippen LogP contribution in [0.2, 0.25) is 0 Å². The summed E-state index contributed by atoms with van der Waals surface area (Å²) in [7, 11) is 0. The molecule has 0 amide bonds. The smallest absolute Gasteiger partial charge is 0.140 e. The maximum atomic E-state index is 8.30. The molecule has 6 nitrogen and oxygen atoms in total. The fourth-order valence-electron chi connectivity index (χ4n) is 3.57. The van der Waals surface area contributed by atoms with Gasteiger partial charge in [-0.2, -0.15) is 0 Å². The summed E-state index contributed by atoms with van der Waals surface area (Å²) in [5.41, 5.74) is 12.0. The van der Waals surface area contributed by atoms with Crippen LogP contribution in [0.3, 0.4) is 0 Å². The minimum Gasteiger partial charge on any atom is -0.282 e. The summed E-state index contributed by atoms with van der Waals surface area (Å²) in [5.74, 6) is 0. The molecule has 6 heteroatoms. The van der Waals surface area contributed by atoms with Crippen LogP contribution in [0.5, 0.6) is 0 Å². The highest BCUT2D eigenvalue weighted by Crippen LogP contribution is 2.48. The van der Waals surface area contributed by atoms with E-state index < -0.39 is 0 Å². The van der Waals surface area contributed by atoms with Gasteiger partial charge in [0.1, 0.15) is 5.28 Å². The van der Waals surface area contributed by atoms with Gasteiger partial charge in [0.2, 0.25) is 0 Å². The third-order valence-electron chi connectivity index (χ3n) is 4.52. The van der Waals surface area contributed by atoms with E-state index in [1.807, 2.05) is 6.92 Å². The lowest BCUT2D eigenvalue weighted by Crippen LogP contribution is -2.27. The second-order valence-corrected chi connectivity index (χ2v) is 5.38.